The van der Waals surface area contributed by atoms with Crippen LogP contribution >= 0.6 is 0 Å². The van der Waals surface area contributed by atoms with Crippen LogP contribution in [0.3, 0.4) is 0 Å². The van der Waals surface area contributed by atoms with Crippen LogP contribution in [0.4, 0.5) is 0 Å². The molecule has 0 aliphatic heterocycles. The topological polar surface area (TPSA) is 86.2 Å². The van der Waals surface area contributed by atoms with Crippen LogP contribution in [0.15, 0.2) is 0 Å². The average molecular weight is 346 g/mol. The number of hydrogen-bond acceptors (Lipinski definition) is 4. The van der Waals surface area contributed by atoms with E-state index in [2.05, 4.69) is 0 Å². The van der Waals surface area contributed by atoms with Crippen molar-refractivity contribution >= 4 is 41.8 Å². The van der Waals surface area contributed by atoms with E-state index < -0.39 is 14.5 Å². The number of rotatable bonds is 0. The Morgan fingerprint density at radius 1 is 1.17 bits per heavy atom. The van der Waals surface area contributed by atoms with Crippen LogP contribution in [-0.4, -0.2) is 41.8 Å². The Labute approximate surface area is 57.7 Å². The smallest absolute Gasteiger partial charge is 3.00 e. The fourth-order valence-corrected chi connectivity index (χ4v) is 0. The summed E-state index contributed by atoms with van der Waals surface area (Å²) >= 11 is -5.88. The molecule has 6 heavy (non-hydrogen) atoms. The summed E-state index contributed by atoms with van der Waals surface area (Å²) in [6, 6.07) is 0. The van der Waals surface area contributed by atoms with Crippen molar-refractivity contribution in [2.75, 3.05) is 0 Å². The minimum absolute atomic E-state index is 0. The Morgan fingerprint density at radius 3 is 1.17 bits per heavy atom. The molecule has 0 saturated heterocycles. The molecule has 0 aromatic heterocycles. The first-order valence-electron chi connectivity index (χ1n) is 0.730. The molecule has 0 heterocycles. The second-order valence-corrected chi connectivity index (χ2v) is 2.32. The van der Waals surface area contributed by atoms with Crippen molar-refractivity contribution in [2.24, 2.45) is 0 Å². The van der Waals surface area contributed by atoms with Gasteiger partial charge in [-0.3, -0.25) is 0 Å². The van der Waals surface area contributed by atoms with E-state index in [9.17, 15) is 0 Å². The quantitative estimate of drug-likeness (QED) is 0.414. The molecule has 0 bridgehead atoms. The normalized spacial score (nSPS) is 9.83. The zero-order valence-corrected chi connectivity index (χ0v) is 8.34. The molecule has 0 aliphatic rings. The van der Waals surface area contributed by atoms with E-state index >= 15 is 0 Å². The molecule has 0 unspecified atom stereocenters. The van der Waals surface area contributed by atoms with Gasteiger partial charge in [-0.1, -0.05) is 0 Å². The third-order valence-corrected chi connectivity index (χ3v) is 0. The van der Waals surface area contributed by atoms with E-state index in [1.54, 1.807) is 0 Å². The van der Waals surface area contributed by atoms with Gasteiger partial charge in [0.2, 0.25) is 0 Å². The van der Waals surface area contributed by atoms with Crippen LogP contribution < -0.4 is 12.3 Å². The van der Waals surface area contributed by atoms with Crippen molar-refractivity contribution in [3.05, 3.63) is 0 Å². The SMILES string of the molecule is O=[As]([O-])([O-])[O-].[Pb+3]. The molecule has 0 spiro atoms. The van der Waals surface area contributed by atoms with Crippen molar-refractivity contribution in [1.29, 1.82) is 0 Å². The van der Waals surface area contributed by atoms with E-state index in [0.717, 1.165) is 0 Å². The fraction of sp³-hybridized carbons (Fsp3) is 0. The van der Waals surface area contributed by atoms with E-state index in [-0.39, 0.29) is 27.3 Å². The van der Waals surface area contributed by atoms with Gasteiger partial charge >= 0.3 is 57.8 Å². The molecule has 0 aliphatic carbocycles. The first-order chi connectivity index (χ1) is 2.00. The predicted octanol–water partition coefficient (Wildman–Crippen LogP) is -4.45. The summed E-state index contributed by atoms with van der Waals surface area (Å²) in [6.45, 7) is 0. The maximum absolute atomic E-state index is 8.61. The van der Waals surface area contributed by atoms with Gasteiger partial charge in [0.05, 0.1) is 0 Å². The van der Waals surface area contributed by atoms with E-state index in [4.69, 9.17) is 16.0 Å². The van der Waals surface area contributed by atoms with Gasteiger partial charge in [0.15, 0.2) is 0 Å². The summed E-state index contributed by atoms with van der Waals surface area (Å²) in [5.74, 6) is 0. The Bertz CT molecular complexity index is 53.7. The largest absolute Gasteiger partial charge is 3.00 e. The fourth-order valence-electron chi connectivity index (χ4n) is 0. The van der Waals surface area contributed by atoms with Gasteiger partial charge in [0.25, 0.3) is 0 Å². The summed E-state index contributed by atoms with van der Waals surface area (Å²) in [4.78, 5) is 0. The second-order valence-electron chi connectivity index (χ2n) is 0.447. The molecule has 0 rings (SSSR count). The third kappa shape index (κ3) is 66.3. The maximum Gasteiger partial charge on any atom is 3.00 e. The summed E-state index contributed by atoms with van der Waals surface area (Å²) in [6.07, 6.45) is 0. The van der Waals surface area contributed by atoms with Crippen molar-refractivity contribution in [3.8, 4) is 0 Å². The molecule has 0 atom stereocenters. The van der Waals surface area contributed by atoms with Crippen LogP contribution in [0.2, 0.25) is 0 Å². The Balaban J connectivity index is 0. The van der Waals surface area contributed by atoms with Crippen molar-refractivity contribution in [3.63, 3.8) is 0 Å². The summed E-state index contributed by atoms with van der Waals surface area (Å²) in [5, 5.41) is 0. The van der Waals surface area contributed by atoms with Crippen molar-refractivity contribution in [2.45, 2.75) is 0 Å². The summed E-state index contributed by atoms with van der Waals surface area (Å²) in [7, 11) is 0. The monoisotopic (exact) mass is 347 g/mol. The minimum atomic E-state index is -5.88. The molecule has 4 nitrogen and oxygen atoms in total. The van der Waals surface area contributed by atoms with Crippen LogP contribution in [0, 0.1) is 0 Å². The molecule has 0 aromatic carbocycles. The number of hydrogen-bond donors (Lipinski definition) is 0. The molecule has 6 heteroatoms. The van der Waals surface area contributed by atoms with Crippen LogP contribution in [0.1, 0.15) is 0 Å². The molecule has 33 valence electrons. The molecule has 0 aromatic rings. The summed E-state index contributed by atoms with van der Waals surface area (Å²) in [5.41, 5.74) is 0. The maximum atomic E-state index is 8.61. The van der Waals surface area contributed by atoms with E-state index in [1.165, 1.54) is 0 Å². The van der Waals surface area contributed by atoms with Crippen LogP contribution in [0.5, 0.6) is 0 Å². The standard InChI is InChI=1S/AsH3O4.Pb/c2-1(3,4)5;/h(H3,2,3,4,5);/q;+3/p-3. The minimum Gasteiger partial charge on any atom is 3.00 e. The zero-order valence-electron chi connectivity index (χ0n) is 2.58. The molecular weight excluding hydrogens is 346 g/mol. The van der Waals surface area contributed by atoms with Gasteiger partial charge in [-0.05, 0) is 0 Å². The molecule has 0 saturated carbocycles. The first kappa shape index (κ1) is 10.2. The average Bonchev–Trinajstić information content (AvgIpc) is 0.722. The van der Waals surface area contributed by atoms with Gasteiger partial charge in [-0.2, -0.15) is 0 Å². The van der Waals surface area contributed by atoms with E-state index in [0.29, 0.717) is 0 Å². The Morgan fingerprint density at radius 2 is 1.17 bits per heavy atom. The van der Waals surface area contributed by atoms with Gasteiger partial charge < -0.3 is 0 Å². The van der Waals surface area contributed by atoms with Crippen LogP contribution in [-0.2, 0) is 3.74 Å². The molecule has 1 radical (unpaired) electrons. The van der Waals surface area contributed by atoms with Crippen molar-refractivity contribution in [1.82, 2.24) is 0 Å². The van der Waals surface area contributed by atoms with E-state index in [1.807, 2.05) is 0 Å². The molecular formula is AsO4Pb. The van der Waals surface area contributed by atoms with Gasteiger partial charge in [-0.25, -0.2) is 0 Å². The van der Waals surface area contributed by atoms with Gasteiger partial charge in [-0.15, -0.1) is 0 Å². The second kappa shape index (κ2) is 3.20. The Hall–Kier alpha value is 1.16. The molecule has 0 N–H and O–H groups in total. The first-order valence-corrected chi connectivity index (χ1v) is 3.79. The van der Waals surface area contributed by atoms with Gasteiger partial charge in [0, 0.05) is 0 Å². The van der Waals surface area contributed by atoms with Crippen molar-refractivity contribution < 1.29 is 16.0 Å². The van der Waals surface area contributed by atoms with Crippen LogP contribution in [0.25, 0.3) is 0 Å². The predicted molar refractivity (Wildman–Crippen MR) is 12.2 cm³/mol. The zero-order chi connectivity index (χ0) is 4.50. The summed E-state index contributed by atoms with van der Waals surface area (Å²) < 4.78 is 34.4. The third-order valence-electron chi connectivity index (χ3n) is 0. The Kier molecular flexibility index (Phi) is 5.44. The molecule has 0 fully saturated rings. The molecule has 0 amide bonds. The van der Waals surface area contributed by atoms with Gasteiger partial charge in [0.1, 0.15) is 0 Å².